The Kier molecular flexibility index (Phi) is 9.86. The lowest BCUT2D eigenvalue weighted by molar-refractivity contribution is -0.140. The number of carbonyl (C=O) groups is 2. The van der Waals surface area contributed by atoms with Gasteiger partial charge in [-0.1, -0.05) is 60.7 Å². The lowest BCUT2D eigenvalue weighted by Gasteiger charge is -2.34. The minimum atomic E-state index is -3.86. The van der Waals surface area contributed by atoms with Crippen LogP contribution in [0.3, 0.4) is 0 Å². The second-order valence-corrected chi connectivity index (χ2v) is 11.9. The molecule has 0 radical (unpaired) electrons. The lowest BCUT2D eigenvalue weighted by atomic mass is 10.0. The molecule has 3 aromatic carbocycles. The average molecular weight is 554 g/mol. The summed E-state index contributed by atoms with van der Waals surface area (Å²) in [5.74, 6) is -1.33. The maximum atomic E-state index is 14.1. The fourth-order valence-electron chi connectivity index (χ4n) is 4.50. The molecule has 1 N–H and O–H groups in total. The quantitative estimate of drug-likeness (QED) is 0.382. The molecular formula is C30H36FN3O4S. The van der Waals surface area contributed by atoms with Gasteiger partial charge >= 0.3 is 0 Å². The van der Waals surface area contributed by atoms with E-state index in [4.69, 9.17) is 0 Å². The van der Waals surface area contributed by atoms with Crippen molar-refractivity contribution in [3.63, 3.8) is 0 Å². The Balaban J connectivity index is 2.08. The van der Waals surface area contributed by atoms with E-state index >= 15 is 0 Å². The molecule has 1 atom stereocenters. The standard InChI is InChI=1S/C30H36FN3O4S/c1-21(2)32-30(36)27(18-24-12-7-6-8-13-24)33(19-25-14-16-26(31)17-15-25)28(35)20-34(39(5,37)38)29-22(3)10-9-11-23(29)4/h6-17,21,27H,18-20H2,1-5H3,(H,32,36)/t27-/m1/s1. The third-order valence-corrected chi connectivity index (χ3v) is 7.45. The van der Waals surface area contributed by atoms with Gasteiger partial charge in [-0.25, -0.2) is 12.8 Å². The van der Waals surface area contributed by atoms with Crippen LogP contribution < -0.4 is 9.62 Å². The van der Waals surface area contributed by atoms with Gasteiger partial charge in [0.25, 0.3) is 0 Å². The number of carbonyl (C=O) groups excluding carboxylic acids is 2. The number of para-hydroxylation sites is 1. The number of rotatable bonds is 11. The van der Waals surface area contributed by atoms with Gasteiger partial charge in [0.1, 0.15) is 18.4 Å². The van der Waals surface area contributed by atoms with Crippen molar-refractivity contribution in [2.24, 2.45) is 0 Å². The Labute approximate surface area is 230 Å². The van der Waals surface area contributed by atoms with E-state index in [0.29, 0.717) is 22.4 Å². The van der Waals surface area contributed by atoms with Crippen molar-refractivity contribution < 1.29 is 22.4 Å². The van der Waals surface area contributed by atoms with Gasteiger partial charge in [-0.05, 0) is 62.1 Å². The third-order valence-electron chi connectivity index (χ3n) is 6.34. The maximum Gasteiger partial charge on any atom is 0.244 e. The first-order chi connectivity index (χ1) is 18.4. The summed E-state index contributed by atoms with van der Waals surface area (Å²) in [6.07, 6.45) is 1.28. The summed E-state index contributed by atoms with van der Waals surface area (Å²) < 4.78 is 40.7. The van der Waals surface area contributed by atoms with E-state index in [-0.39, 0.29) is 24.9 Å². The normalized spacial score (nSPS) is 12.2. The smallest absolute Gasteiger partial charge is 0.244 e. The zero-order valence-corrected chi connectivity index (χ0v) is 23.8. The monoisotopic (exact) mass is 553 g/mol. The van der Waals surface area contributed by atoms with E-state index in [1.165, 1.54) is 17.0 Å². The van der Waals surface area contributed by atoms with Crippen LogP contribution in [0.2, 0.25) is 0 Å². The van der Waals surface area contributed by atoms with Crippen molar-refractivity contribution in [3.8, 4) is 0 Å². The largest absolute Gasteiger partial charge is 0.352 e. The average Bonchev–Trinajstić information content (AvgIpc) is 2.86. The third kappa shape index (κ3) is 8.13. The molecule has 3 rings (SSSR count). The van der Waals surface area contributed by atoms with Gasteiger partial charge in [0.05, 0.1) is 11.9 Å². The Bertz CT molecular complexity index is 1370. The molecule has 0 aliphatic heterocycles. The second kappa shape index (κ2) is 12.9. The molecule has 0 saturated heterocycles. The van der Waals surface area contributed by atoms with Crippen LogP contribution in [-0.4, -0.2) is 50.0 Å². The fraction of sp³-hybridized carbons (Fsp3) is 0.333. The summed E-state index contributed by atoms with van der Waals surface area (Å²) in [6.45, 7) is 6.73. The minimum Gasteiger partial charge on any atom is -0.352 e. The summed E-state index contributed by atoms with van der Waals surface area (Å²) in [5, 5.41) is 2.90. The van der Waals surface area contributed by atoms with Crippen LogP contribution in [0.25, 0.3) is 0 Å². The predicted molar refractivity (Wildman–Crippen MR) is 152 cm³/mol. The van der Waals surface area contributed by atoms with Gasteiger partial charge in [-0.2, -0.15) is 0 Å². The lowest BCUT2D eigenvalue weighted by Crippen LogP contribution is -2.54. The predicted octanol–water partition coefficient (Wildman–Crippen LogP) is 4.37. The van der Waals surface area contributed by atoms with Gasteiger partial charge < -0.3 is 10.2 Å². The molecule has 3 aromatic rings. The first-order valence-electron chi connectivity index (χ1n) is 12.8. The fourth-order valence-corrected chi connectivity index (χ4v) is 5.46. The van der Waals surface area contributed by atoms with Crippen molar-refractivity contribution >= 4 is 27.5 Å². The maximum absolute atomic E-state index is 14.1. The molecule has 39 heavy (non-hydrogen) atoms. The number of aryl methyl sites for hydroxylation is 2. The van der Waals surface area contributed by atoms with Crippen LogP contribution >= 0.6 is 0 Å². The van der Waals surface area contributed by atoms with E-state index < -0.39 is 34.3 Å². The van der Waals surface area contributed by atoms with E-state index in [0.717, 1.165) is 16.1 Å². The van der Waals surface area contributed by atoms with Crippen LogP contribution in [0.1, 0.15) is 36.1 Å². The molecule has 0 saturated carbocycles. The summed E-state index contributed by atoms with van der Waals surface area (Å²) in [7, 11) is -3.86. The van der Waals surface area contributed by atoms with Crippen LogP contribution in [0, 0.1) is 19.7 Å². The highest BCUT2D eigenvalue weighted by Crippen LogP contribution is 2.27. The van der Waals surface area contributed by atoms with E-state index in [2.05, 4.69) is 5.32 Å². The van der Waals surface area contributed by atoms with Crippen molar-refractivity contribution in [2.75, 3.05) is 17.1 Å². The highest BCUT2D eigenvalue weighted by molar-refractivity contribution is 7.92. The number of anilines is 1. The molecule has 0 spiro atoms. The van der Waals surface area contributed by atoms with Crippen LogP contribution in [0.4, 0.5) is 10.1 Å². The van der Waals surface area contributed by atoms with Gasteiger partial charge in [0, 0.05) is 19.0 Å². The van der Waals surface area contributed by atoms with Crippen LogP contribution in [0.15, 0.2) is 72.8 Å². The van der Waals surface area contributed by atoms with Crippen molar-refractivity contribution in [3.05, 3.63) is 101 Å². The van der Waals surface area contributed by atoms with Crippen LogP contribution in [-0.2, 0) is 32.6 Å². The Morgan fingerprint density at radius 1 is 0.872 bits per heavy atom. The number of amides is 2. The number of hydrogen-bond acceptors (Lipinski definition) is 4. The Hall–Kier alpha value is -3.72. The molecule has 0 aromatic heterocycles. The molecule has 7 nitrogen and oxygen atoms in total. The van der Waals surface area contributed by atoms with Gasteiger partial charge in [0.2, 0.25) is 21.8 Å². The first kappa shape index (κ1) is 29.8. The Morgan fingerprint density at radius 3 is 2.00 bits per heavy atom. The number of sulfonamides is 1. The summed E-state index contributed by atoms with van der Waals surface area (Å²) in [4.78, 5) is 29.0. The molecular weight excluding hydrogens is 517 g/mol. The SMILES string of the molecule is Cc1cccc(C)c1N(CC(=O)N(Cc1ccc(F)cc1)[C@H](Cc1ccccc1)C(=O)NC(C)C)S(C)(=O)=O. The summed E-state index contributed by atoms with van der Waals surface area (Å²) >= 11 is 0. The van der Waals surface area contributed by atoms with E-state index in [1.807, 2.05) is 50.2 Å². The molecule has 2 amide bonds. The molecule has 0 fully saturated rings. The number of nitrogens with one attached hydrogen (secondary N) is 1. The molecule has 9 heteroatoms. The second-order valence-electron chi connectivity index (χ2n) is 10.0. The number of hydrogen-bond donors (Lipinski definition) is 1. The molecule has 208 valence electrons. The summed E-state index contributed by atoms with van der Waals surface area (Å²) in [6, 6.07) is 19.3. The van der Waals surface area contributed by atoms with Crippen molar-refractivity contribution in [2.45, 2.75) is 52.7 Å². The zero-order valence-electron chi connectivity index (χ0n) is 23.0. The molecule has 0 unspecified atom stereocenters. The molecule has 0 bridgehead atoms. The number of halogens is 1. The minimum absolute atomic E-state index is 0.00746. The molecule has 0 heterocycles. The van der Waals surface area contributed by atoms with E-state index in [9.17, 15) is 22.4 Å². The molecule has 0 aliphatic rings. The first-order valence-corrected chi connectivity index (χ1v) is 14.6. The van der Waals surface area contributed by atoms with Gasteiger partial charge in [-0.3, -0.25) is 13.9 Å². The Morgan fingerprint density at radius 2 is 1.46 bits per heavy atom. The summed E-state index contributed by atoms with van der Waals surface area (Å²) in [5.41, 5.74) is 3.29. The van der Waals surface area contributed by atoms with Crippen molar-refractivity contribution in [1.29, 1.82) is 0 Å². The van der Waals surface area contributed by atoms with Gasteiger partial charge in [-0.15, -0.1) is 0 Å². The molecule has 0 aliphatic carbocycles. The van der Waals surface area contributed by atoms with Crippen LogP contribution in [0.5, 0.6) is 0 Å². The van der Waals surface area contributed by atoms with Gasteiger partial charge in [0.15, 0.2) is 0 Å². The highest BCUT2D eigenvalue weighted by Gasteiger charge is 2.33. The topological polar surface area (TPSA) is 86.8 Å². The number of benzene rings is 3. The highest BCUT2D eigenvalue weighted by atomic mass is 32.2. The zero-order chi connectivity index (χ0) is 28.7. The number of nitrogens with zero attached hydrogens (tertiary/aromatic N) is 2. The van der Waals surface area contributed by atoms with E-state index in [1.54, 1.807) is 38.1 Å². The van der Waals surface area contributed by atoms with Crippen molar-refractivity contribution in [1.82, 2.24) is 10.2 Å².